The number of morpholine rings is 1. The van der Waals surface area contributed by atoms with Crippen LogP contribution in [0.3, 0.4) is 0 Å². The quantitative estimate of drug-likeness (QED) is 0.863. The summed E-state index contributed by atoms with van der Waals surface area (Å²) < 4.78 is 10.6. The molecule has 1 N–H and O–H groups in total. The van der Waals surface area contributed by atoms with E-state index in [2.05, 4.69) is 15.2 Å². The van der Waals surface area contributed by atoms with Gasteiger partial charge in [-0.05, 0) is 12.1 Å². The van der Waals surface area contributed by atoms with E-state index in [1.165, 1.54) is 11.8 Å². The molecule has 124 valence electrons. The molecule has 0 aromatic carbocycles. The minimum atomic E-state index is -0.415. The first kappa shape index (κ1) is 15.5. The summed E-state index contributed by atoms with van der Waals surface area (Å²) in [4.78, 5) is 31.0. The summed E-state index contributed by atoms with van der Waals surface area (Å²) in [5.41, 5.74) is 0.692. The Labute approximate surface area is 134 Å². The van der Waals surface area contributed by atoms with Crippen LogP contribution in [-0.4, -0.2) is 62.5 Å². The van der Waals surface area contributed by atoms with Gasteiger partial charge in [0.25, 0.3) is 0 Å². The van der Waals surface area contributed by atoms with E-state index >= 15 is 0 Å². The van der Waals surface area contributed by atoms with Crippen LogP contribution in [0.4, 0.5) is 16.3 Å². The van der Waals surface area contributed by atoms with Crippen LogP contribution in [0.25, 0.3) is 0 Å². The van der Waals surface area contributed by atoms with Crippen LogP contribution in [-0.2, 0) is 14.3 Å². The molecule has 0 radical (unpaired) electrons. The van der Waals surface area contributed by atoms with Crippen molar-refractivity contribution in [3.05, 3.63) is 18.3 Å². The van der Waals surface area contributed by atoms with Gasteiger partial charge in [-0.2, -0.15) is 0 Å². The molecule has 0 aliphatic carbocycles. The van der Waals surface area contributed by atoms with E-state index in [1.807, 2.05) is 12.1 Å². The van der Waals surface area contributed by atoms with Gasteiger partial charge in [-0.15, -0.1) is 0 Å². The molecule has 1 aromatic rings. The van der Waals surface area contributed by atoms with Crippen LogP contribution in [0.1, 0.15) is 6.92 Å². The highest BCUT2D eigenvalue weighted by molar-refractivity contribution is 5.89. The third-order valence-corrected chi connectivity index (χ3v) is 3.83. The monoisotopic (exact) mass is 320 g/mol. The Morgan fingerprint density at radius 3 is 2.83 bits per heavy atom. The molecule has 2 amide bonds. The Hall–Kier alpha value is -2.35. The number of aromatic nitrogens is 1. The smallest absolute Gasteiger partial charge is 0.414 e. The number of hydrogen-bond acceptors (Lipinski definition) is 6. The first-order valence-corrected chi connectivity index (χ1v) is 7.65. The van der Waals surface area contributed by atoms with Crippen LogP contribution in [0.2, 0.25) is 0 Å². The molecular weight excluding hydrogens is 300 g/mol. The number of carbonyl (C=O) groups excluding carboxylic acids is 2. The Kier molecular flexibility index (Phi) is 4.61. The number of carbonyl (C=O) groups is 2. The van der Waals surface area contributed by atoms with Crippen LogP contribution in [0, 0.1) is 0 Å². The molecule has 1 atom stereocenters. The first-order valence-electron chi connectivity index (χ1n) is 7.65. The number of hydrogen-bond donors (Lipinski definition) is 1. The summed E-state index contributed by atoms with van der Waals surface area (Å²) in [6, 6.07) is 3.76. The van der Waals surface area contributed by atoms with Gasteiger partial charge >= 0.3 is 6.09 Å². The highest BCUT2D eigenvalue weighted by Crippen LogP contribution is 2.23. The summed E-state index contributed by atoms with van der Waals surface area (Å²) in [6.45, 7) is 5.19. The average molecular weight is 320 g/mol. The lowest BCUT2D eigenvalue weighted by molar-refractivity contribution is -0.119. The minimum absolute atomic E-state index is 0.143. The fourth-order valence-corrected chi connectivity index (χ4v) is 2.61. The van der Waals surface area contributed by atoms with E-state index in [1.54, 1.807) is 6.20 Å². The van der Waals surface area contributed by atoms with Crippen molar-refractivity contribution in [1.29, 1.82) is 0 Å². The lowest BCUT2D eigenvalue weighted by atomic mass is 10.3. The number of cyclic esters (lactones) is 1. The van der Waals surface area contributed by atoms with Gasteiger partial charge in [0, 0.05) is 20.0 Å². The Bertz CT molecular complexity index is 571. The second-order valence-corrected chi connectivity index (χ2v) is 5.53. The summed E-state index contributed by atoms with van der Waals surface area (Å²) in [7, 11) is 0. The second-order valence-electron chi connectivity index (χ2n) is 5.53. The lowest BCUT2D eigenvalue weighted by Gasteiger charge is -2.28. The van der Waals surface area contributed by atoms with Gasteiger partial charge in [0.1, 0.15) is 11.9 Å². The standard InChI is InChI=1S/C15H20N4O4/c1-11(20)16-9-13-10-19(15(21)23-13)12-2-3-14(17-8-12)18-4-6-22-7-5-18/h2-3,8,13H,4-7,9-10H2,1H3,(H,16,20). The maximum atomic E-state index is 12.0. The molecule has 8 nitrogen and oxygen atoms in total. The average Bonchev–Trinajstić information content (AvgIpc) is 2.95. The van der Waals surface area contributed by atoms with E-state index in [-0.39, 0.29) is 12.0 Å². The number of rotatable bonds is 4. The fraction of sp³-hybridized carbons (Fsp3) is 0.533. The van der Waals surface area contributed by atoms with Crippen LogP contribution in [0.15, 0.2) is 18.3 Å². The van der Waals surface area contributed by atoms with Gasteiger partial charge in [0.2, 0.25) is 5.91 Å². The molecule has 2 aliphatic heterocycles. The van der Waals surface area contributed by atoms with Crippen molar-refractivity contribution in [2.75, 3.05) is 49.2 Å². The zero-order valence-electron chi connectivity index (χ0n) is 13.0. The fourth-order valence-electron chi connectivity index (χ4n) is 2.61. The highest BCUT2D eigenvalue weighted by atomic mass is 16.6. The number of nitrogens with one attached hydrogen (secondary N) is 1. The first-order chi connectivity index (χ1) is 11.1. The molecule has 23 heavy (non-hydrogen) atoms. The summed E-state index contributed by atoms with van der Waals surface area (Å²) in [5, 5.41) is 2.66. The Balaban J connectivity index is 1.62. The molecule has 0 bridgehead atoms. The second kappa shape index (κ2) is 6.82. The van der Waals surface area contributed by atoms with E-state index < -0.39 is 6.09 Å². The van der Waals surface area contributed by atoms with Gasteiger partial charge in [0.15, 0.2) is 0 Å². The molecule has 0 spiro atoms. The van der Waals surface area contributed by atoms with Crippen molar-refractivity contribution in [1.82, 2.24) is 10.3 Å². The van der Waals surface area contributed by atoms with E-state index in [0.29, 0.717) is 32.0 Å². The third kappa shape index (κ3) is 3.70. The van der Waals surface area contributed by atoms with E-state index in [0.717, 1.165) is 18.9 Å². The van der Waals surface area contributed by atoms with Crippen LogP contribution in [0.5, 0.6) is 0 Å². The molecule has 3 rings (SSSR count). The zero-order valence-corrected chi connectivity index (χ0v) is 13.0. The van der Waals surface area contributed by atoms with Crippen molar-refractivity contribution < 1.29 is 19.1 Å². The lowest BCUT2D eigenvalue weighted by Crippen LogP contribution is -2.36. The predicted octanol–water partition coefficient (Wildman–Crippen LogP) is 0.379. The topological polar surface area (TPSA) is 84.0 Å². The number of anilines is 2. The normalized spacial score (nSPS) is 21.3. The molecule has 8 heteroatoms. The van der Waals surface area contributed by atoms with E-state index in [9.17, 15) is 9.59 Å². The zero-order chi connectivity index (χ0) is 16.2. The molecule has 1 unspecified atom stereocenters. The molecule has 3 heterocycles. The highest BCUT2D eigenvalue weighted by Gasteiger charge is 2.32. The van der Waals surface area contributed by atoms with E-state index in [4.69, 9.17) is 9.47 Å². The molecular formula is C15H20N4O4. The van der Waals surface area contributed by atoms with Crippen molar-refractivity contribution in [3.63, 3.8) is 0 Å². The number of nitrogens with zero attached hydrogens (tertiary/aromatic N) is 3. The maximum absolute atomic E-state index is 12.0. The minimum Gasteiger partial charge on any atom is -0.442 e. The molecule has 0 saturated carbocycles. The van der Waals surface area contributed by atoms with Crippen molar-refractivity contribution in [2.45, 2.75) is 13.0 Å². The van der Waals surface area contributed by atoms with Gasteiger partial charge in [0.05, 0.1) is 38.2 Å². The van der Waals surface area contributed by atoms with Crippen molar-refractivity contribution in [3.8, 4) is 0 Å². The van der Waals surface area contributed by atoms with Gasteiger partial charge in [-0.1, -0.05) is 0 Å². The van der Waals surface area contributed by atoms with Crippen LogP contribution >= 0.6 is 0 Å². The summed E-state index contributed by atoms with van der Waals surface area (Å²) in [5.74, 6) is 0.732. The predicted molar refractivity (Wildman–Crippen MR) is 83.6 cm³/mol. The SMILES string of the molecule is CC(=O)NCC1CN(c2ccc(N3CCOCC3)nc2)C(=O)O1. The van der Waals surface area contributed by atoms with Crippen molar-refractivity contribution >= 4 is 23.5 Å². The van der Waals surface area contributed by atoms with Crippen LogP contribution < -0.4 is 15.1 Å². The summed E-state index contributed by atoms with van der Waals surface area (Å²) in [6.07, 6.45) is 0.916. The third-order valence-electron chi connectivity index (χ3n) is 3.83. The molecule has 2 aliphatic rings. The molecule has 2 fully saturated rings. The Morgan fingerprint density at radius 2 is 2.17 bits per heavy atom. The molecule has 1 aromatic heterocycles. The maximum Gasteiger partial charge on any atom is 0.414 e. The molecule has 2 saturated heterocycles. The summed E-state index contributed by atoms with van der Waals surface area (Å²) >= 11 is 0. The number of amides is 2. The van der Waals surface area contributed by atoms with Gasteiger partial charge < -0.3 is 19.7 Å². The van der Waals surface area contributed by atoms with Crippen molar-refractivity contribution in [2.24, 2.45) is 0 Å². The van der Waals surface area contributed by atoms with Gasteiger partial charge in [-0.25, -0.2) is 9.78 Å². The number of ether oxygens (including phenoxy) is 2. The number of pyridine rings is 1. The largest absolute Gasteiger partial charge is 0.442 e. The van der Waals surface area contributed by atoms with Gasteiger partial charge in [-0.3, -0.25) is 9.69 Å². The Morgan fingerprint density at radius 1 is 1.39 bits per heavy atom.